The summed E-state index contributed by atoms with van der Waals surface area (Å²) in [7, 11) is 0. The second-order valence-electron chi connectivity index (χ2n) is 7.20. The van der Waals surface area contributed by atoms with Crippen molar-refractivity contribution in [2.24, 2.45) is 0 Å². The molecule has 1 fully saturated rings. The van der Waals surface area contributed by atoms with Crippen LogP contribution in [-0.2, 0) is 5.75 Å². The SMILES string of the molecule is O=C(c1ccc(SCc2cccnc2)c([N+](=O)[O-])c1)N1CCN(c2ccccc2)CC1. The Labute approximate surface area is 184 Å². The van der Waals surface area contributed by atoms with Crippen LogP contribution in [0.4, 0.5) is 11.4 Å². The lowest BCUT2D eigenvalue weighted by molar-refractivity contribution is -0.387. The number of nitro benzene ring substituents is 1. The second-order valence-corrected chi connectivity index (χ2v) is 8.22. The molecule has 0 radical (unpaired) electrons. The topological polar surface area (TPSA) is 79.6 Å². The van der Waals surface area contributed by atoms with Crippen molar-refractivity contribution >= 4 is 29.0 Å². The minimum absolute atomic E-state index is 0.0392. The zero-order valence-corrected chi connectivity index (χ0v) is 17.7. The van der Waals surface area contributed by atoms with Crippen molar-refractivity contribution < 1.29 is 9.72 Å². The fourth-order valence-corrected chi connectivity index (χ4v) is 4.49. The number of carbonyl (C=O) groups excluding carboxylic acids is 1. The van der Waals surface area contributed by atoms with E-state index in [4.69, 9.17) is 0 Å². The van der Waals surface area contributed by atoms with Gasteiger partial charge in [0.1, 0.15) is 0 Å². The molecule has 31 heavy (non-hydrogen) atoms. The van der Waals surface area contributed by atoms with Crippen molar-refractivity contribution in [3.63, 3.8) is 0 Å². The molecule has 2 heterocycles. The largest absolute Gasteiger partial charge is 0.368 e. The average molecular weight is 435 g/mol. The van der Waals surface area contributed by atoms with Gasteiger partial charge in [-0.15, -0.1) is 11.8 Å². The summed E-state index contributed by atoms with van der Waals surface area (Å²) in [6.45, 7) is 2.63. The van der Waals surface area contributed by atoms with Gasteiger partial charge in [0.25, 0.3) is 11.6 Å². The van der Waals surface area contributed by atoms with Gasteiger partial charge < -0.3 is 9.80 Å². The van der Waals surface area contributed by atoms with Crippen LogP contribution >= 0.6 is 11.8 Å². The normalized spacial score (nSPS) is 13.8. The number of amides is 1. The third-order valence-corrected chi connectivity index (χ3v) is 6.34. The van der Waals surface area contributed by atoms with Crippen LogP contribution in [0.5, 0.6) is 0 Å². The fraction of sp³-hybridized carbons (Fsp3) is 0.217. The van der Waals surface area contributed by atoms with Crippen LogP contribution < -0.4 is 4.90 Å². The number of nitro groups is 1. The van der Waals surface area contributed by atoms with Gasteiger partial charge in [0.2, 0.25) is 0 Å². The molecule has 158 valence electrons. The third kappa shape index (κ3) is 5.03. The number of nitrogens with zero attached hydrogens (tertiary/aromatic N) is 4. The van der Waals surface area contributed by atoms with Crippen molar-refractivity contribution in [1.82, 2.24) is 9.88 Å². The van der Waals surface area contributed by atoms with Crippen LogP contribution in [0.2, 0.25) is 0 Å². The summed E-state index contributed by atoms with van der Waals surface area (Å²) in [5.74, 6) is 0.406. The lowest BCUT2D eigenvalue weighted by atomic mass is 10.1. The Morgan fingerprint density at radius 3 is 2.48 bits per heavy atom. The number of anilines is 1. The van der Waals surface area contributed by atoms with Crippen LogP contribution in [0, 0.1) is 10.1 Å². The number of piperazine rings is 1. The smallest absolute Gasteiger partial charge is 0.283 e. The number of rotatable bonds is 6. The first kappa shape index (κ1) is 20.9. The first-order chi connectivity index (χ1) is 15.1. The van der Waals surface area contributed by atoms with Crippen LogP contribution in [0.25, 0.3) is 0 Å². The van der Waals surface area contributed by atoms with E-state index in [1.165, 1.54) is 17.8 Å². The summed E-state index contributed by atoms with van der Waals surface area (Å²) in [5, 5.41) is 11.6. The minimum Gasteiger partial charge on any atom is -0.368 e. The fourth-order valence-electron chi connectivity index (χ4n) is 3.55. The van der Waals surface area contributed by atoms with E-state index in [0.29, 0.717) is 29.3 Å². The number of para-hydroxylation sites is 1. The van der Waals surface area contributed by atoms with Gasteiger partial charge in [-0.05, 0) is 35.9 Å². The van der Waals surface area contributed by atoms with Gasteiger partial charge >= 0.3 is 0 Å². The van der Waals surface area contributed by atoms with E-state index >= 15 is 0 Å². The summed E-state index contributed by atoms with van der Waals surface area (Å²) in [5.41, 5.74) is 2.44. The first-order valence-corrected chi connectivity index (χ1v) is 11.0. The molecule has 4 rings (SSSR count). The molecule has 0 spiro atoms. The van der Waals surface area contributed by atoms with Crippen LogP contribution in [0.3, 0.4) is 0 Å². The predicted molar refractivity (Wildman–Crippen MR) is 121 cm³/mol. The van der Waals surface area contributed by atoms with Gasteiger partial charge in [0, 0.05) is 61.6 Å². The summed E-state index contributed by atoms with van der Waals surface area (Å²) < 4.78 is 0. The number of benzene rings is 2. The molecule has 2 aromatic carbocycles. The van der Waals surface area contributed by atoms with Crippen molar-refractivity contribution in [3.8, 4) is 0 Å². The molecule has 0 atom stereocenters. The van der Waals surface area contributed by atoms with Crippen LogP contribution in [0.15, 0.2) is 78.0 Å². The van der Waals surface area contributed by atoms with Gasteiger partial charge in [0.05, 0.1) is 9.82 Å². The summed E-state index contributed by atoms with van der Waals surface area (Å²) in [4.78, 5) is 32.8. The Kier molecular flexibility index (Phi) is 6.47. The molecule has 1 aromatic heterocycles. The molecule has 0 bridgehead atoms. The van der Waals surface area contributed by atoms with Crippen LogP contribution in [-0.4, -0.2) is 46.9 Å². The van der Waals surface area contributed by atoms with Crippen molar-refractivity contribution in [2.45, 2.75) is 10.6 Å². The van der Waals surface area contributed by atoms with E-state index in [-0.39, 0.29) is 11.6 Å². The zero-order chi connectivity index (χ0) is 21.6. The van der Waals surface area contributed by atoms with E-state index in [2.05, 4.69) is 22.0 Å². The van der Waals surface area contributed by atoms with Crippen molar-refractivity contribution in [1.29, 1.82) is 0 Å². The molecule has 1 amide bonds. The molecule has 0 unspecified atom stereocenters. The molecule has 8 heteroatoms. The highest BCUT2D eigenvalue weighted by molar-refractivity contribution is 7.98. The predicted octanol–water partition coefficient (Wildman–Crippen LogP) is 4.24. The molecule has 0 saturated carbocycles. The third-order valence-electron chi connectivity index (χ3n) is 5.21. The molecular formula is C23H22N4O3S. The highest BCUT2D eigenvalue weighted by Crippen LogP contribution is 2.32. The van der Waals surface area contributed by atoms with E-state index < -0.39 is 4.92 Å². The number of carbonyl (C=O) groups is 1. The summed E-state index contributed by atoms with van der Waals surface area (Å²) in [6, 6.07) is 18.6. The summed E-state index contributed by atoms with van der Waals surface area (Å²) >= 11 is 1.37. The standard InChI is InChI=1S/C23H22N4O3S/c28-23(26-13-11-25(12-14-26)20-6-2-1-3-7-20)19-8-9-22(21(15-19)27(29)30)31-17-18-5-4-10-24-16-18/h1-10,15-16H,11-14,17H2. The maximum atomic E-state index is 13.0. The number of hydrogen-bond acceptors (Lipinski definition) is 6. The van der Waals surface area contributed by atoms with Gasteiger partial charge in [-0.3, -0.25) is 19.9 Å². The van der Waals surface area contributed by atoms with Crippen LogP contribution in [0.1, 0.15) is 15.9 Å². The number of pyridine rings is 1. The highest BCUT2D eigenvalue weighted by Gasteiger charge is 2.25. The van der Waals surface area contributed by atoms with E-state index in [0.717, 1.165) is 24.3 Å². The zero-order valence-electron chi connectivity index (χ0n) is 16.9. The minimum atomic E-state index is -0.421. The molecule has 7 nitrogen and oxygen atoms in total. The van der Waals surface area contributed by atoms with Gasteiger partial charge in [-0.2, -0.15) is 0 Å². The molecule has 1 saturated heterocycles. The molecule has 0 N–H and O–H groups in total. The molecule has 3 aromatic rings. The molecule has 0 aliphatic carbocycles. The first-order valence-electron chi connectivity index (χ1n) is 10.0. The van der Waals surface area contributed by atoms with Crippen molar-refractivity contribution in [2.75, 3.05) is 31.1 Å². The maximum absolute atomic E-state index is 13.0. The van der Waals surface area contributed by atoms with E-state index in [9.17, 15) is 14.9 Å². The monoisotopic (exact) mass is 434 g/mol. The van der Waals surface area contributed by atoms with Gasteiger partial charge in [-0.25, -0.2) is 0 Å². The lowest BCUT2D eigenvalue weighted by Crippen LogP contribution is -2.48. The highest BCUT2D eigenvalue weighted by atomic mass is 32.2. The maximum Gasteiger partial charge on any atom is 0.283 e. The van der Waals surface area contributed by atoms with E-state index in [1.807, 2.05) is 30.3 Å². The average Bonchev–Trinajstić information content (AvgIpc) is 2.83. The Hall–Kier alpha value is -3.39. The van der Waals surface area contributed by atoms with Crippen molar-refractivity contribution in [3.05, 3.63) is 94.3 Å². The number of aromatic nitrogens is 1. The van der Waals surface area contributed by atoms with Gasteiger partial charge in [0.15, 0.2) is 0 Å². The van der Waals surface area contributed by atoms with E-state index in [1.54, 1.807) is 29.4 Å². The molecule has 1 aliphatic heterocycles. The summed E-state index contributed by atoms with van der Waals surface area (Å²) in [6.07, 6.45) is 3.43. The Balaban J connectivity index is 1.43. The Morgan fingerprint density at radius 1 is 1.03 bits per heavy atom. The molecule has 1 aliphatic rings. The lowest BCUT2D eigenvalue weighted by Gasteiger charge is -2.36. The number of thioether (sulfide) groups is 1. The second kappa shape index (κ2) is 9.61. The number of hydrogen-bond donors (Lipinski definition) is 0. The van der Waals surface area contributed by atoms with Gasteiger partial charge in [-0.1, -0.05) is 24.3 Å². The Bertz CT molecular complexity index is 1050. The quantitative estimate of drug-likeness (QED) is 0.328. The Morgan fingerprint density at radius 2 is 1.81 bits per heavy atom. The molecular weight excluding hydrogens is 412 g/mol.